The fourth-order valence-electron chi connectivity index (χ4n) is 1.19. The molecular weight excluding hydrogens is 192 g/mol. The zero-order valence-corrected chi connectivity index (χ0v) is 9.79. The molecule has 0 amide bonds. The smallest absolute Gasteiger partial charge is 0.330 e. The van der Waals surface area contributed by atoms with Gasteiger partial charge in [0, 0.05) is 12.7 Å². The standard InChI is InChI=1S/C12H22O3/c1-11(2)10-12(14)15-9-7-5-3-4-6-8-13/h10,13H,3-9H2,1-2H3. The minimum atomic E-state index is -0.245. The first kappa shape index (κ1) is 14.2. The maximum absolute atomic E-state index is 11.1. The molecule has 0 aromatic heterocycles. The minimum Gasteiger partial charge on any atom is -0.463 e. The lowest BCUT2D eigenvalue weighted by Crippen LogP contribution is -2.02. The topological polar surface area (TPSA) is 46.5 Å². The van der Waals surface area contributed by atoms with Crippen LogP contribution in [0.1, 0.15) is 46.0 Å². The number of ether oxygens (including phenoxy) is 1. The summed E-state index contributed by atoms with van der Waals surface area (Å²) in [5, 5.41) is 8.55. The molecule has 0 bridgehead atoms. The quantitative estimate of drug-likeness (QED) is 0.383. The van der Waals surface area contributed by atoms with E-state index >= 15 is 0 Å². The van der Waals surface area contributed by atoms with Gasteiger partial charge < -0.3 is 9.84 Å². The van der Waals surface area contributed by atoms with E-state index in [1.807, 2.05) is 13.8 Å². The molecule has 0 rings (SSSR count). The maximum Gasteiger partial charge on any atom is 0.330 e. The van der Waals surface area contributed by atoms with Crippen LogP contribution in [0.25, 0.3) is 0 Å². The third kappa shape index (κ3) is 11.1. The van der Waals surface area contributed by atoms with Crippen LogP contribution >= 0.6 is 0 Å². The summed E-state index contributed by atoms with van der Waals surface area (Å²) in [6.07, 6.45) is 6.50. The second-order valence-electron chi connectivity index (χ2n) is 3.88. The van der Waals surface area contributed by atoms with E-state index < -0.39 is 0 Å². The summed E-state index contributed by atoms with van der Waals surface area (Å²) in [5.41, 5.74) is 0.961. The highest BCUT2D eigenvalue weighted by atomic mass is 16.5. The number of hydrogen-bond donors (Lipinski definition) is 1. The number of allylic oxidation sites excluding steroid dienone is 1. The molecule has 15 heavy (non-hydrogen) atoms. The highest BCUT2D eigenvalue weighted by molar-refractivity contribution is 5.82. The number of carbonyl (C=O) groups excluding carboxylic acids is 1. The van der Waals surface area contributed by atoms with Gasteiger partial charge in [0.05, 0.1) is 6.61 Å². The molecule has 88 valence electrons. The Kier molecular flexibility index (Phi) is 9.18. The molecule has 0 aromatic carbocycles. The van der Waals surface area contributed by atoms with Crippen LogP contribution in [0.3, 0.4) is 0 Å². The number of esters is 1. The van der Waals surface area contributed by atoms with Crippen LogP contribution in [0.2, 0.25) is 0 Å². The van der Waals surface area contributed by atoms with Crippen molar-refractivity contribution >= 4 is 5.97 Å². The van der Waals surface area contributed by atoms with Gasteiger partial charge in [-0.2, -0.15) is 0 Å². The summed E-state index contributed by atoms with van der Waals surface area (Å²) in [4.78, 5) is 11.1. The van der Waals surface area contributed by atoms with Gasteiger partial charge in [0.25, 0.3) is 0 Å². The fourth-order valence-corrected chi connectivity index (χ4v) is 1.19. The van der Waals surface area contributed by atoms with Crippen molar-refractivity contribution in [2.24, 2.45) is 0 Å². The van der Waals surface area contributed by atoms with E-state index in [1.54, 1.807) is 0 Å². The number of carbonyl (C=O) groups is 1. The molecule has 0 saturated carbocycles. The summed E-state index contributed by atoms with van der Waals surface area (Å²) >= 11 is 0. The van der Waals surface area contributed by atoms with Crippen LogP contribution < -0.4 is 0 Å². The Hall–Kier alpha value is -0.830. The van der Waals surface area contributed by atoms with E-state index in [2.05, 4.69) is 0 Å². The normalized spacial score (nSPS) is 9.80. The molecule has 0 radical (unpaired) electrons. The number of aliphatic hydroxyl groups is 1. The van der Waals surface area contributed by atoms with Gasteiger partial charge in [-0.1, -0.05) is 24.8 Å². The van der Waals surface area contributed by atoms with Crippen LogP contribution in [0.5, 0.6) is 0 Å². The molecule has 0 aliphatic rings. The van der Waals surface area contributed by atoms with Crippen LogP contribution in [0.15, 0.2) is 11.6 Å². The first-order chi connectivity index (χ1) is 7.16. The SMILES string of the molecule is CC(C)=CC(=O)OCCCCCCCO. The Labute approximate surface area is 92.1 Å². The second-order valence-corrected chi connectivity index (χ2v) is 3.88. The largest absolute Gasteiger partial charge is 0.463 e. The summed E-state index contributed by atoms with van der Waals surface area (Å²) < 4.78 is 4.99. The molecule has 0 aromatic rings. The predicted octanol–water partition coefficient (Wildman–Crippen LogP) is 2.44. The van der Waals surface area contributed by atoms with Crippen molar-refractivity contribution < 1.29 is 14.6 Å². The van der Waals surface area contributed by atoms with Gasteiger partial charge in [0.2, 0.25) is 0 Å². The summed E-state index contributed by atoms with van der Waals surface area (Å²) in [6.45, 7) is 4.52. The van der Waals surface area contributed by atoms with Crippen molar-refractivity contribution in [2.75, 3.05) is 13.2 Å². The fraction of sp³-hybridized carbons (Fsp3) is 0.750. The Balaban J connectivity index is 3.24. The van der Waals surface area contributed by atoms with E-state index in [9.17, 15) is 4.79 Å². The monoisotopic (exact) mass is 214 g/mol. The Morgan fingerprint density at radius 2 is 1.73 bits per heavy atom. The number of hydrogen-bond acceptors (Lipinski definition) is 3. The van der Waals surface area contributed by atoms with Gasteiger partial charge in [-0.3, -0.25) is 0 Å². The molecule has 3 nitrogen and oxygen atoms in total. The highest BCUT2D eigenvalue weighted by Gasteiger charge is 1.97. The van der Waals surface area contributed by atoms with Crippen molar-refractivity contribution in [1.29, 1.82) is 0 Å². The van der Waals surface area contributed by atoms with E-state index in [-0.39, 0.29) is 12.6 Å². The number of aliphatic hydroxyl groups excluding tert-OH is 1. The van der Waals surface area contributed by atoms with Gasteiger partial charge >= 0.3 is 5.97 Å². The molecule has 0 heterocycles. The van der Waals surface area contributed by atoms with E-state index in [0.29, 0.717) is 6.61 Å². The second kappa shape index (κ2) is 9.71. The molecule has 0 aliphatic heterocycles. The average molecular weight is 214 g/mol. The van der Waals surface area contributed by atoms with Crippen molar-refractivity contribution in [1.82, 2.24) is 0 Å². The minimum absolute atomic E-state index is 0.245. The van der Waals surface area contributed by atoms with Gasteiger partial charge in [0.15, 0.2) is 0 Å². The molecule has 0 atom stereocenters. The summed E-state index contributed by atoms with van der Waals surface area (Å²) in [7, 11) is 0. The third-order valence-electron chi connectivity index (χ3n) is 1.95. The van der Waals surface area contributed by atoms with E-state index in [1.165, 1.54) is 6.08 Å². The van der Waals surface area contributed by atoms with Gasteiger partial charge in [0.1, 0.15) is 0 Å². The van der Waals surface area contributed by atoms with Crippen molar-refractivity contribution in [3.8, 4) is 0 Å². The van der Waals surface area contributed by atoms with Gasteiger partial charge in [-0.15, -0.1) is 0 Å². The highest BCUT2D eigenvalue weighted by Crippen LogP contribution is 2.03. The first-order valence-corrected chi connectivity index (χ1v) is 5.59. The lowest BCUT2D eigenvalue weighted by Gasteiger charge is -2.02. The molecule has 3 heteroatoms. The predicted molar refractivity (Wildman–Crippen MR) is 60.6 cm³/mol. The van der Waals surface area contributed by atoms with Crippen LogP contribution in [0, 0.1) is 0 Å². The Morgan fingerprint density at radius 1 is 1.13 bits per heavy atom. The average Bonchev–Trinajstić information content (AvgIpc) is 2.15. The van der Waals surface area contributed by atoms with Gasteiger partial charge in [-0.25, -0.2) is 4.79 Å². The van der Waals surface area contributed by atoms with Crippen LogP contribution in [-0.2, 0) is 9.53 Å². The molecule has 0 spiro atoms. The maximum atomic E-state index is 11.1. The van der Waals surface area contributed by atoms with E-state index in [4.69, 9.17) is 9.84 Å². The molecule has 0 saturated heterocycles. The lowest BCUT2D eigenvalue weighted by molar-refractivity contribution is -0.137. The molecule has 0 aliphatic carbocycles. The molecule has 0 fully saturated rings. The van der Waals surface area contributed by atoms with Crippen LogP contribution in [0.4, 0.5) is 0 Å². The third-order valence-corrected chi connectivity index (χ3v) is 1.95. The Bertz CT molecular complexity index is 193. The number of unbranched alkanes of at least 4 members (excludes halogenated alkanes) is 4. The zero-order valence-electron chi connectivity index (χ0n) is 9.79. The van der Waals surface area contributed by atoms with Gasteiger partial charge in [-0.05, 0) is 26.7 Å². The van der Waals surface area contributed by atoms with Crippen molar-refractivity contribution in [3.63, 3.8) is 0 Å². The molecular formula is C12H22O3. The lowest BCUT2D eigenvalue weighted by atomic mass is 10.1. The van der Waals surface area contributed by atoms with Crippen LogP contribution in [-0.4, -0.2) is 24.3 Å². The Morgan fingerprint density at radius 3 is 2.33 bits per heavy atom. The zero-order chi connectivity index (χ0) is 11.5. The molecule has 0 unspecified atom stereocenters. The first-order valence-electron chi connectivity index (χ1n) is 5.59. The van der Waals surface area contributed by atoms with Crippen molar-refractivity contribution in [3.05, 3.63) is 11.6 Å². The van der Waals surface area contributed by atoms with Crippen molar-refractivity contribution in [2.45, 2.75) is 46.0 Å². The van der Waals surface area contributed by atoms with E-state index in [0.717, 1.165) is 37.7 Å². The summed E-state index contributed by atoms with van der Waals surface area (Å²) in [6, 6.07) is 0. The number of rotatable bonds is 8. The summed E-state index contributed by atoms with van der Waals surface area (Å²) in [5.74, 6) is -0.245. The molecule has 1 N–H and O–H groups in total.